The van der Waals surface area contributed by atoms with E-state index < -0.39 is 0 Å². The van der Waals surface area contributed by atoms with Gasteiger partial charge in [0.05, 0.1) is 5.39 Å². The van der Waals surface area contributed by atoms with Crippen LogP contribution < -0.4 is 5.32 Å². The molecule has 0 fully saturated rings. The van der Waals surface area contributed by atoms with Gasteiger partial charge in [-0.25, -0.2) is 9.37 Å². The molecule has 0 amide bonds. The van der Waals surface area contributed by atoms with Gasteiger partial charge in [-0.05, 0) is 41.4 Å². The van der Waals surface area contributed by atoms with Crippen LogP contribution in [0, 0.1) is 5.82 Å². The molecule has 2 aromatic heterocycles. The van der Waals surface area contributed by atoms with E-state index in [0.717, 1.165) is 27.0 Å². The molecule has 0 bridgehead atoms. The van der Waals surface area contributed by atoms with Crippen LogP contribution in [0.4, 0.5) is 15.9 Å². The van der Waals surface area contributed by atoms with Crippen LogP contribution in [0.5, 0.6) is 0 Å². The Kier molecular flexibility index (Phi) is 3.88. The minimum atomic E-state index is -0.285. The minimum Gasteiger partial charge on any atom is -0.340 e. The molecule has 0 aliphatic rings. The zero-order valence-electron chi connectivity index (χ0n) is 12.3. The molecule has 0 aliphatic carbocycles. The van der Waals surface area contributed by atoms with Crippen LogP contribution in [0.1, 0.15) is 0 Å². The third-order valence-electron chi connectivity index (χ3n) is 3.60. The maximum absolute atomic E-state index is 13.1. The summed E-state index contributed by atoms with van der Waals surface area (Å²) in [7, 11) is 0. The monoisotopic (exact) mass is 355 g/mol. The van der Waals surface area contributed by atoms with Crippen molar-refractivity contribution in [3.8, 4) is 11.1 Å². The standard InChI is InChI=1S/C18H11ClFN3S/c19-18-22-16(21-13-8-6-12(20)7-9-13)15-14(10-24-17(15)23-18)11-4-2-1-3-5-11/h1-10H,(H,21,22,23). The summed E-state index contributed by atoms with van der Waals surface area (Å²) in [5, 5.41) is 6.34. The minimum absolute atomic E-state index is 0.175. The second-order valence-electron chi connectivity index (χ2n) is 5.17. The number of hydrogen-bond donors (Lipinski definition) is 1. The van der Waals surface area contributed by atoms with E-state index in [0.29, 0.717) is 5.82 Å². The lowest BCUT2D eigenvalue weighted by Crippen LogP contribution is -1.96. The van der Waals surface area contributed by atoms with Gasteiger partial charge in [-0.3, -0.25) is 0 Å². The predicted octanol–water partition coefficient (Wildman–Crippen LogP) is 5.89. The number of thiophene rings is 1. The molecule has 24 heavy (non-hydrogen) atoms. The van der Waals surface area contributed by atoms with Crippen LogP contribution in [0.15, 0.2) is 60.0 Å². The number of benzene rings is 2. The molecule has 0 unspecified atom stereocenters. The maximum atomic E-state index is 13.1. The molecule has 4 aromatic rings. The zero-order chi connectivity index (χ0) is 16.5. The quantitative estimate of drug-likeness (QED) is 0.465. The Morgan fingerprint density at radius 1 is 0.958 bits per heavy atom. The van der Waals surface area contributed by atoms with Crippen molar-refractivity contribution < 1.29 is 4.39 Å². The molecule has 0 atom stereocenters. The van der Waals surface area contributed by atoms with Gasteiger partial charge in [-0.1, -0.05) is 30.3 Å². The summed E-state index contributed by atoms with van der Waals surface area (Å²) in [6, 6.07) is 16.1. The Balaban J connectivity index is 1.87. The fourth-order valence-electron chi connectivity index (χ4n) is 2.51. The number of halogens is 2. The number of nitrogens with zero attached hydrogens (tertiary/aromatic N) is 2. The van der Waals surface area contributed by atoms with Crippen LogP contribution in [-0.2, 0) is 0 Å². The first-order chi connectivity index (χ1) is 11.7. The second kappa shape index (κ2) is 6.19. The van der Waals surface area contributed by atoms with Gasteiger partial charge in [-0.15, -0.1) is 11.3 Å². The van der Waals surface area contributed by atoms with E-state index >= 15 is 0 Å². The van der Waals surface area contributed by atoms with E-state index in [2.05, 4.69) is 15.3 Å². The van der Waals surface area contributed by atoms with Crippen LogP contribution in [0.3, 0.4) is 0 Å². The molecule has 1 N–H and O–H groups in total. The summed E-state index contributed by atoms with van der Waals surface area (Å²) in [6.07, 6.45) is 0. The Labute approximate surface area is 146 Å². The molecule has 2 aromatic carbocycles. The predicted molar refractivity (Wildman–Crippen MR) is 97.5 cm³/mol. The van der Waals surface area contributed by atoms with E-state index in [4.69, 9.17) is 11.6 Å². The SMILES string of the molecule is Fc1ccc(Nc2nc(Cl)nc3scc(-c4ccccc4)c23)cc1. The highest BCUT2D eigenvalue weighted by Gasteiger charge is 2.15. The first kappa shape index (κ1) is 15.1. The Morgan fingerprint density at radius 2 is 1.71 bits per heavy atom. The lowest BCUT2D eigenvalue weighted by Gasteiger charge is -2.09. The van der Waals surface area contributed by atoms with Gasteiger partial charge in [0.25, 0.3) is 0 Å². The van der Waals surface area contributed by atoms with Gasteiger partial charge in [0.1, 0.15) is 16.5 Å². The third-order valence-corrected chi connectivity index (χ3v) is 4.64. The lowest BCUT2D eigenvalue weighted by molar-refractivity contribution is 0.628. The van der Waals surface area contributed by atoms with Crippen molar-refractivity contribution in [2.75, 3.05) is 5.32 Å². The van der Waals surface area contributed by atoms with Crippen molar-refractivity contribution in [1.82, 2.24) is 9.97 Å². The average molecular weight is 356 g/mol. The highest BCUT2D eigenvalue weighted by Crippen LogP contribution is 2.38. The van der Waals surface area contributed by atoms with Gasteiger partial charge in [0.2, 0.25) is 5.28 Å². The molecule has 6 heteroatoms. The molecular weight excluding hydrogens is 345 g/mol. The van der Waals surface area contributed by atoms with Crippen LogP contribution in [0.25, 0.3) is 21.3 Å². The molecule has 3 nitrogen and oxygen atoms in total. The number of hydrogen-bond acceptors (Lipinski definition) is 4. The Bertz CT molecular complexity index is 1000. The molecular formula is C18H11ClFN3S. The van der Waals surface area contributed by atoms with E-state index in [1.54, 1.807) is 12.1 Å². The van der Waals surface area contributed by atoms with Gasteiger partial charge in [-0.2, -0.15) is 4.98 Å². The highest BCUT2D eigenvalue weighted by molar-refractivity contribution is 7.17. The van der Waals surface area contributed by atoms with Crippen LogP contribution in [-0.4, -0.2) is 9.97 Å². The summed E-state index contributed by atoms with van der Waals surface area (Å²) < 4.78 is 13.1. The third kappa shape index (κ3) is 2.84. The first-order valence-corrected chi connectivity index (χ1v) is 8.49. The fraction of sp³-hybridized carbons (Fsp3) is 0. The Hall–Kier alpha value is -2.50. The highest BCUT2D eigenvalue weighted by atomic mass is 35.5. The van der Waals surface area contributed by atoms with Crippen molar-refractivity contribution in [2.45, 2.75) is 0 Å². The smallest absolute Gasteiger partial charge is 0.225 e. The van der Waals surface area contributed by atoms with Crippen molar-refractivity contribution in [3.05, 3.63) is 71.1 Å². The summed E-state index contributed by atoms with van der Waals surface area (Å²) >= 11 is 7.57. The zero-order valence-corrected chi connectivity index (χ0v) is 13.9. The molecule has 118 valence electrons. The van der Waals surface area contributed by atoms with Gasteiger partial charge in [0, 0.05) is 16.6 Å². The van der Waals surface area contributed by atoms with E-state index in [-0.39, 0.29) is 11.1 Å². The molecule has 0 saturated heterocycles. The van der Waals surface area contributed by atoms with Crippen molar-refractivity contribution in [2.24, 2.45) is 0 Å². The van der Waals surface area contributed by atoms with Crippen molar-refractivity contribution in [3.63, 3.8) is 0 Å². The maximum Gasteiger partial charge on any atom is 0.225 e. The largest absolute Gasteiger partial charge is 0.340 e. The lowest BCUT2D eigenvalue weighted by atomic mass is 10.1. The Morgan fingerprint density at radius 3 is 2.46 bits per heavy atom. The van der Waals surface area contributed by atoms with Gasteiger partial charge in [0.15, 0.2) is 0 Å². The van der Waals surface area contributed by atoms with E-state index in [9.17, 15) is 4.39 Å². The molecule has 0 spiro atoms. The summed E-state index contributed by atoms with van der Waals surface area (Å²) in [6.45, 7) is 0. The number of rotatable bonds is 3. The molecule has 2 heterocycles. The fourth-order valence-corrected chi connectivity index (χ4v) is 3.67. The first-order valence-electron chi connectivity index (χ1n) is 7.23. The molecule has 0 saturated carbocycles. The number of aromatic nitrogens is 2. The molecule has 0 aliphatic heterocycles. The van der Waals surface area contributed by atoms with Gasteiger partial charge < -0.3 is 5.32 Å². The summed E-state index contributed by atoms with van der Waals surface area (Å²) in [5.41, 5.74) is 2.85. The van der Waals surface area contributed by atoms with Crippen LogP contribution >= 0.6 is 22.9 Å². The molecule has 4 rings (SSSR count). The van der Waals surface area contributed by atoms with Crippen molar-refractivity contribution >= 4 is 44.7 Å². The molecule has 0 radical (unpaired) electrons. The number of anilines is 2. The van der Waals surface area contributed by atoms with Crippen LogP contribution in [0.2, 0.25) is 5.28 Å². The second-order valence-corrected chi connectivity index (χ2v) is 6.36. The number of nitrogens with one attached hydrogen (secondary N) is 1. The topological polar surface area (TPSA) is 37.8 Å². The average Bonchev–Trinajstić information content (AvgIpc) is 3.01. The van der Waals surface area contributed by atoms with E-state index in [1.165, 1.54) is 23.5 Å². The number of fused-ring (bicyclic) bond motifs is 1. The van der Waals surface area contributed by atoms with Crippen molar-refractivity contribution in [1.29, 1.82) is 0 Å². The van der Waals surface area contributed by atoms with Gasteiger partial charge >= 0.3 is 0 Å². The normalized spacial score (nSPS) is 10.9. The van der Waals surface area contributed by atoms with E-state index in [1.807, 2.05) is 35.7 Å². The summed E-state index contributed by atoms with van der Waals surface area (Å²) in [4.78, 5) is 9.45. The summed E-state index contributed by atoms with van der Waals surface area (Å²) in [5.74, 6) is 0.323.